The van der Waals surface area contributed by atoms with Crippen LogP contribution in [0.4, 0.5) is 5.69 Å². The van der Waals surface area contributed by atoms with Crippen LogP contribution in [0.2, 0.25) is 5.02 Å². The quantitative estimate of drug-likeness (QED) is 0.827. The Morgan fingerprint density at radius 2 is 2.26 bits per heavy atom. The molecule has 0 saturated heterocycles. The molecule has 6 heteroatoms. The lowest BCUT2D eigenvalue weighted by Gasteiger charge is -2.15. The van der Waals surface area contributed by atoms with E-state index in [4.69, 9.17) is 22.1 Å². The molecule has 0 aliphatic carbocycles. The van der Waals surface area contributed by atoms with Gasteiger partial charge in [-0.2, -0.15) is 0 Å². The first-order chi connectivity index (χ1) is 9.01. The third-order valence-corrected chi connectivity index (χ3v) is 3.68. The smallest absolute Gasteiger partial charge is 0.224 e. The van der Waals surface area contributed by atoms with E-state index in [-0.39, 0.29) is 11.8 Å². The van der Waals surface area contributed by atoms with Gasteiger partial charge in [0.15, 0.2) is 5.75 Å². The Morgan fingerprint density at radius 1 is 1.58 bits per heavy atom. The second-order valence-corrected chi connectivity index (χ2v) is 5.52. The molecule has 1 amide bonds. The summed E-state index contributed by atoms with van der Waals surface area (Å²) in [7, 11) is 1.54. The third-order valence-electron chi connectivity index (χ3n) is 2.87. The second kappa shape index (κ2) is 7.72. The molecule has 0 radical (unpaired) electrons. The maximum atomic E-state index is 12.0. The lowest BCUT2D eigenvalue weighted by atomic mass is 10.0. The molecule has 3 N–H and O–H groups in total. The lowest BCUT2D eigenvalue weighted by Crippen LogP contribution is -2.22. The number of methoxy groups -OCH3 is 1. The fraction of sp³-hybridized carbons (Fsp3) is 0.462. The molecule has 0 spiro atoms. The van der Waals surface area contributed by atoms with Gasteiger partial charge in [-0.1, -0.05) is 24.9 Å². The number of hydrogen-bond donors (Lipinski definition) is 2. The predicted molar refractivity (Wildman–Crippen MR) is 81.8 cm³/mol. The molecule has 0 fully saturated rings. The number of anilines is 1. The van der Waals surface area contributed by atoms with Crippen LogP contribution in [0.5, 0.6) is 5.75 Å². The highest BCUT2D eigenvalue weighted by Crippen LogP contribution is 2.36. The first-order valence-corrected chi connectivity index (χ1v) is 7.21. The molecule has 0 heterocycles. The molecule has 106 valence electrons. The summed E-state index contributed by atoms with van der Waals surface area (Å²) in [6.45, 7) is 2.52. The molecule has 0 bridgehead atoms. The number of nitrogens with one attached hydrogen (secondary N) is 1. The van der Waals surface area contributed by atoms with Gasteiger partial charge in [0.05, 0.1) is 17.3 Å². The van der Waals surface area contributed by atoms with E-state index >= 15 is 0 Å². The van der Waals surface area contributed by atoms with Crippen LogP contribution in [0.25, 0.3) is 0 Å². The maximum absolute atomic E-state index is 12.0. The minimum Gasteiger partial charge on any atom is -0.493 e. The molecule has 0 saturated carbocycles. The van der Waals surface area contributed by atoms with Crippen LogP contribution in [-0.4, -0.2) is 19.6 Å². The van der Waals surface area contributed by atoms with Gasteiger partial charge in [-0.25, -0.2) is 0 Å². The van der Waals surface area contributed by atoms with Crippen LogP contribution >= 0.6 is 27.5 Å². The van der Waals surface area contributed by atoms with Crippen molar-refractivity contribution in [1.29, 1.82) is 0 Å². The van der Waals surface area contributed by atoms with Gasteiger partial charge >= 0.3 is 0 Å². The van der Waals surface area contributed by atoms with E-state index in [1.54, 1.807) is 19.2 Å². The Kier molecular flexibility index (Phi) is 6.62. The molecule has 1 unspecified atom stereocenters. The van der Waals surface area contributed by atoms with Crippen molar-refractivity contribution in [2.45, 2.75) is 19.8 Å². The first-order valence-electron chi connectivity index (χ1n) is 6.04. The fourth-order valence-corrected chi connectivity index (χ4v) is 2.69. The predicted octanol–water partition coefficient (Wildman–Crippen LogP) is 3.42. The normalized spacial score (nSPS) is 12.1. The summed E-state index contributed by atoms with van der Waals surface area (Å²) in [6, 6.07) is 3.37. The summed E-state index contributed by atoms with van der Waals surface area (Å²) in [6.07, 6.45) is 1.26. The molecule has 0 aliphatic rings. The number of nitrogens with two attached hydrogens (primary N) is 1. The molecule has 0 aromatic heterocycles. The SMILES string of the molecule is CCC(CN)CC(=O)Nc1cc(Cl)cc(Br)c1OC. The Morgan fingerprint density at radius 3 is 2.79 bits per heavy atom. The van der Waals surface area contributed by atoms with Crippen molar-refractivity contribution < 1.29 is 9.53 Å². The number of ether oxygens (including phenoxy) is 1. The molecule has 1 rings (SSSR count). The first kappa shape index (κ1) is 16.3. The average Bonchev–Trinajstić information content (AvgIpc) is 2.35. The number of rotatable bonds is 6. The zero-order valence-electron chi connectivity index (χ0n) is 11.0. The summed E-state index contributed by atoms with van der Waals surface area (Å²) in [5, 5.41) is 3.33. The monoisotopic (exact) mass is 348 g/mol. The molecule has 0 aliphatic heterocycles. The Hall–Kier alpha value is -0.780. The number of amides is 1. The maximum Gasteiger partial charge on any atom is 0.224 e. The molecule has 1 aromatic carbocycles. The Bertz CT molecular complexity index is 451. The summed E-state index contributed by atoms with van der Waals surface area (Å²) in [5.41, 5.74) is 6.15. The molecule has 19 heavy (non-hydrogen) atoms. The molecule has 1 aromatic rings. The van der Waals surface area contributed by atoms with Crippen LogP contribution in [0.15, 0.2) is 16.6 Å². The summed E-state index contributed by atoms with van der Waals surface area (Å²) in [5.74, 6) is 0.650. The van der Waals surface area contributed by atoms with Gasteiger partial charge in [0.1, 0.15) is 0 Å². The van der Waals surface area contributed by atoms with E-state index < -0.39 is 0 Å². The van der Waals surface area contributed by atoms with Gasteiger partial charge in [0.25, 0.3) is 0 Å². The summed E-state index contributed by atoms with van der Waals surface area (Å²) < 4.78 is 5.94. The molecular weight excluding hydrogens is 332 g/mol. The number of hydrogen-bond acceptors (Lipinski definition) is 3. The molecule has 1 atom stereocenters. The van der Waals surface area contributed by atoms with Crippen molar-refractivity contribution in [3.8, 4) is 5.75 Å². The zero-order chi connectivity index (χ0) is 14.4. The largest absolute Gasteiger partial charge is 0.493 e. The van der Waals surface area contributed by atoms with E-state index in [1.165, 1.54) is 0 Å². The standard InChI is InChI=1S/C13H18BrClN2O2/c1-3-8(7-16)4-12(18)17-11-6-9(15)5-10(14)13(11)19-2/h5-6,8H,3-4,7,16H2,1-2H3,(H,17,18). The van der Waals surface area contributed by atoms with Crippen LogP contribution in [-0.2, 0) is 4.79 Å². The zero-order valence-corrected chi connectivity index (χ0v) is 13.3. The highest BCUT2D eigenvalue weighted by Gasteiger charge is 2.15. The number of benzene rings is 1. The van der Waals surface area contributed by atoms with Crippen LogP contribution < -0.4 is 15.8 Å². The van der Waals surface area contributed by atoms with Crippen LogP contribution in [0.3, 0.4) is 0 Å². The molecule has 4 nitrogen and oxygen atoms in total. The van der Waals surface area contributed by atoms with Crippen molar-refractivity contribution in [2.24, 2.45) is 11.7 Å². The highest BCUT2D eigenvalue weighted by atomic mass is 79.9. The number of carbonyl (C=O) groups excluding carboxylic acids is 1. The number of carbonyl (C=O) groups is 1. The van der Waals surface area contributed by atoms with Crippen molar-refractivity contribution in [2.75, 3.05) is 19.0 Å². The van der Waals surface area contributed by atoms with Gasteiger partial charge in [-0.15, -0.1) is 0 Å². The lowest BCUT2D eigenvalue weighted by molar-refractivity contribution is -0.117. The van der Waals surface area contributed by atoms with Gasteiger partial charge < -0.3 is 15.8 Å². The Labute approximate surface area is 126 Å². The van der Waals surface area contributed by atoms with E-state index in [1.807, 2.05) is 6.92 Å². The highest BCUT2D eigenvalue weighted by molar-refractivity contribution is 9.10. The number of halogens is 2. The van der Waals surface area contributed by atoms with Gasteiger partial charge in [0.2, 0.25) is 5.91 Å². The molecular formula is C13H18BrClN2O2. The summed E-state index contributed by atoms with van der Waals surface area (Å²) >= 11 is 9.31. The Balaban J connectivity index is 2.84. The van der Waals surface area contributed by atoms with E-state index in [9.17, 15) is 4.79 Å². The van der Waals surface area contributed by atoms with E-state index in [2.05, 4.69) is 21.2 Å². The van der Waals surface area contributed by atoms with Crippen molar-refractivity contribution in [1.82, 2.24) is 0 Å². The van der Waals surface area contributed by atoms with Crippen molar-refractivity contribution in [3.05, 3.63) is 21.6 Å². The van der Waals surface area contributed by atoms with E-state index in [0.717, 1.165) is 6.42 Å². The summed E-state index contributed by atoms with van der Waals surface area (Å²) in [4.78, 5) is 12.0. The third kappa shape index (κ3) is 4.67. The van der Waals surface area contributed by atoms with Crippen LogP contribution in [0, 0.1) is 5.92 Å². The van der Waals surface area contributed by atoms with Gasteiger partial charge in [-0.3, -0.25) is 4.79 Å². The average molecular weight is 350 g/mol. The van der Waals surface area contributed by atoms with Crippen LogP contribution in [0.1, 0.15) is 19.8 Å². The topological polar surface area (TPSA) is 64.4 Å². The minimum absolute atomic E-state index is 0.0928. The minimum atomic E-state index is -0.0928. The van der Waals surface area contributed by atoms with Crippen molar-refractivity contribution in [3.63, 3.8) is 0 Å². The fourth-order valence-electron chi connectivity index (χ4n) is 1.72. The van der Waals surface area contributed by atoms with Crippen molar-refractivity contribution >= 4 is 39.1 Å². The second-order valence-electron chi connectivity index (χ2n) is 4.23. The van der Waals surface area contributed by atoms with Gasteiger partial charge in [-0.05, 0) is 40.5 Å². The van der Waals surface area contributed by atoms with Gasteiger partial charge in [0, 0.05) is 11.4 Å². The van der Waals surface area contributed by atoms with E-state index in [0.29, 0.717) is 33.9 Å².